The van der Waals surface area contributed by atoms with Crippen molar-refractivity contribution in [1.82, 2.24) is 0 Å². The van der Waals surface area contributed by atoms with E-state index >= 15 is 0 Å². The van der Waals surface area contributed by atoms with Crippen LogP contribution in [0.2, 0.25) is 0 Å². The number of nitro benzene ring substituents is 1. The minimum atomic E-state index is -0.419. The summed E-state index contributed by atoms with van der Waals surface area (Å²) in [6.45, 7) is 1.93. The van der Waals surface area contributed by atoms with Crippen LogP contribution in [0.25, 0.3) is 0 Å². The number of ether oxygens (including phenoxy) is 1. The molecule has 5 nitrogen and oxygen atoms in total. The van der Waals surface area contributed by atoms with Crippen molar-refractivity contribution >= 4 is 11.7 Å². The third kappa shape index (κ3) is 4.15. The monoisotopic (exact) mass is 299 g/mol. The molecule has 0 saturated heterocycles. The second-order valence-corrected chi connectivity index (χ2v) is 5.06. The van der Waals surface area contributed by atoms with Crippen molar-refractivity contribution in [3.63, 3.8) is 0 Å². The van der Waals surface area contributed by atoms with Crippen LogP contribution in [0.1, 0.15) is 24.0 Å². The van der Waals surface area contributed by atoms with Gasteiger partial charge in [0.25, 0.3) is 5.69 Å². The lowest BCUT2D eigenvalue weighted by molar-refractivity contribution is -0.385. The molecule has 0 spiro atoms. The summed E-state index contributed by atoms with van der Waals surface area (Å²) in [5, 5.41) is 11.0. The summed E-state index contributed by atoms with van der Waals surface area (Å²) in [6, 6.07) is 15.8. The number of nitrogens with zero attached hydrogens (tertiary/aromatic N) is 1. The normalized spacial score (nSPS) is 11.7. The molecule has 0 radical (unpaired) electrons. The molecule has 0 amide bonds. The van der Waals surface area contributed by atoms with E-state index in [9.17, 15) is 14.9 Å². The maximum Gasteiger partial charge on any atom is 0.310 e. The van der Waals surface area contributed by atoms with E-state index in [1.807, 2.05) is 30.3 Å². The highest BCUT2D eigenvalue weighted by Gasteiger charge is 2.19. The minimum Gasteiger partial charge on any atom is -0.465 e. The Morgan fingerprint density at radius 2 is 1.77 bits per heavy atom. The van der Waals surface area contributed by atoms with Crippen molar-refractivity contribution in [3.05, 3.63) is 75.8 Å². The Kier molecular flexibility index (Phi) is 5.25. The molecule has 5 heteroatoms. The molecule has 1 unspecified atom stereocenters. The fraction of sp³-hybridized carbons (Fsp3) is 0.235. The molecule has 22 heavy (non-hydrogen) atoms. The fourth-order valence-corrected chi connectivity index (χ4v) is 2.19. The largest absolute Gasteiger partial charge is 0.465 e. The van der Waals surface area contributed by atoms with Gasteiger partial charge in [0, 0.05) is 17.5 Å². The van der Waals surface area contributed by atoms with Crippen molar-refractivity contribution in [1.29, 1.82) is 0 Å². The molecule has 0 N–H and O–H groups in total. The molecule has 0 aliphatic heterocycles. The van der Waals surface area contributed by atoms with Crippen LogP contribution in [-0.2, 0) is 16.0 Å². The molecule has 2 aromatic rings. The Morgan fingerprint density at radius 1 is 1.14 bits per heavy atom. The van der Waals surface area contributed by atoms with Gasteiger partial charge in [0.05, 0.1) is 18.0 Å². The molecule has 0 fully saturated rings. The van der Waals surface area contributed by atoms with E-state index in [1.165, 1.54) is 6.07 Å². The summed E-state index contributed by atoms with van der Waals surface area (Å²) >= 11 is 0. The van der Waals surface area contributed by atoms with Crippen LogP contribution in [0.3, 0.4) is 0 Å². The Morgan fingerprint density at radius 3 is 2.45 bits per heavy atom. The summed E-state index contributed by atoms with van der Waals surface area (Å²) in [4.78, 5) is 22.4. The van der Waals surface area contributed by atoms with Crippen molar-refractivity contribution in [2.45, 2.75) is 19.3 Å². The average molecular weight is 299 g/mol. The topological polar surface area (TPSA) is 69.4 Å². The summed E-state index contributed by atoms with van der Waals surface area (Å²) in [5.74, 6) is -0.571. The lowest BCUT2D eigenvalue weighted by atomic mass is 10.0. The Hall–Kier alpha value is -2.69. The zero-order chi connectivity index (χ0) is 15.9. The number of para-hydroxylation sites is 1. The number of hydrogen-bond acceptors (Lipinski definition) is 4. The first-order chi connectivity index (χ1) is 10.6. The second-order valence-electron chi connectivity index (χ2n) is 5.06. The summed E-state index contributed by atoms with van der Waals surface area (Å²) in [6.07, 6.45) is 0.199. The second kappa shape index (κ2) is 7.36. The van der Waals surface area contributed by atoms with E-state index in [1.54, 1.807) is 25.1 Å². The number of nitro groups is 1. The third-order valence-corrected chi connectivity index (χ3v) is 3.35. The smallest absolute Gasteiger partial charge is 0.310 e. The summed E-state index contributed by atoms with van der Waals surface area (Å²) in [5.41, 5.74) is 1.50. The zero-order valence-corrected chi connectivity index (χ0v) is 12.3. The predicted octanol–water partition coefficient (Wildman–Crippen LogP) is 3.48. The molecule has 1 atom stereocenters. The number of benzene rings is 2. The van der Waals surface area contributed by atoms with Crippen molar-refractivity contribution in [2.75, 3.05) is 6.61 Å². The van der Waals surface area contributed by atoms with E-state index in [4.69, 9.17) is 4.74 Å². The lowest BCUT2D eigenvalue weighted by Gasteiger charge is -2.12. The van der Waals surface area contributed by atoms with Crippen molar-refractivity contribution < 1.29 is 14.5 Å². The zero-order valence-electron chi connectivity index (χ0n) is 12.3. The Balaban J connectivity index is 1.94. The van der Waals surface area contributed by atoms with E-state index in [-0.39, 0.29) is 30.6 Å². The molecule has 0 aliphatic carbocycles. The molecule has 0 bridgehead atoms. The quantitative estimate of drug-likeness (QED) is 0.465. The average Bonchev–Trinajstić information content (AvgIpc) is 2.53. The van der Waals surface area contributed by atoms with Gasteiger partial charge >= 0.3 is 5.97 Å². The van der Waals surface area contributed by atoms with Crippen molar-refractivity contribution in [2.24, 2.45) is 0 Å². The van der Waals surface area contributed by atoms with Crippen molar-refractivity contribution in [3.8, 4) is 0 Å². The van der Waals surface area contributed by atoms with Gasteiger partial charge in [-0.05, 0) is 5.56 Å². The highest BCUT2D eigenvalue weighted by atomic mass is 16.6. The van der Waals surface area contributed by atoms with E-state index in [0.29, 0.717) is 5.56 Å². The highest BCUT2D eigenvalue weighted by Crippen LogP contribution is 2.26. The summed E-state index contributed by atoms with van der Waals surface area (Å²) in [7, 11) is 0. The maximum atomic E-state index is 11.8. The van der Waals surface area contributed by atoms with Gasteiger partial charge in [0.2, 0.25) is 0 Å². The first-order valence-corrected chi connectivity index (χ1v) is 7.01. The van der Waals surface area contributed by atoms with Crippen LogP contribution < -0.4 is 0 Å². The van der Waals surface area contributed by atoms with Crippen LogP contribution in [-0.4, -0.2) is 17.5 Å². The van der Waals surface area contributed by atoms with Crippen LogP contribution >= 0.6 is 0 Å². The number of carbonyl (C=O) groups is 1. The van der Waals surface area contributed by atoms with Gasteiger partial charge in [0.15, 0.2) is 0 Å². The summed E-state index contributed by atoms with van der Waals surface area (Å²) < 4.78 is 5.24. The molecule has 0 aromatic heterocycles. The Bertz CT molecular complexity index is 655. The first kappa shape index (κ1) is 15.7. The Labute approximate surface area is 128 Å². The SMILES string of the molecule is CC(COC(=O)Cc1ccccc1)c1ccccc1[N+](=O)[O-]. The lowest BCUT2D eigenvalue weighted by Crippen LogP contribution is -2.13. The number of carbonyl (C=O) groups excluding carboxylic acids is 1. The number of rotatable bonds is 6. The molecule has 0 aliphatic rings. The fourth-order valence-electron chi connectivity index (χ4n) is 2.19. The van der Waals surface area contributed by atoms with Crippen LogP contribution in [0.15, 0.2) is 54.6 Å². The molecule has 0 heterocycles. The third-order valence-electron chi connectivity index (χ3n) is 3.35. The molecule has 114 valence electrons. The number of esters is 1. The molecule has 2 aromatic carbocycles. The molecular weight excluding hydrogens is 282 g/mol. The first-order valence-electron chi connectivity index (χ1n) is 7.01. The molecule has 0 saturated carbocycles. The van der Waals surface area contributed by atoms with Gasteiger partial charge in [-0.25, -0.2) is 0 Å². The van der Waals surface area contributed by atoms with E-state index in [0.717, 1.165) is 5.56 Å². The molecular formula is C17H17NO4. The van der Waals surface area contributed by atoms with E-state index < -0.39 is 4.92 Å². The molecule has 2 rings (SSSR count). The minimum absolute atomic E-state index is 0.0501. The van der Waals surface area contributed by atoms with Crippen LogP contribution in [0.4, 0.5) is 5.69 Å². The van der Waals surface area contributed by atoms with Gasteiger partial charge in [-0.1, -0.05) is 55.5 Å². The van der Waals surface area contributed by atoms with Gasteiger partial charge in [-0.3, -0.25) is 14.9 Å². The van der Waals surface area contributed by atoms with Gasteiger partial charge in [-0.2, -0.15) is 0 Å². The number of hydrogen-bond donors (Lipinski definition) is 0. The van der Waals surface area contributed by atoms with Gasteiger partial charge < -0.3 is 4.74 Å². The van der Waals surface area contributed by atoms with E-state index in [2.05, 4.69) is 0 Å². The van der Waals surface area contributed by atoms with Gasteiger partial charge in [-0.15, -0.1) is 0 Å². The highest BCUT2D eigenvalue weighted by molar-refractivity contribution is 5.72. The van der Waals surface area contributed by atoms with Crippen LogP contribution in [0, 0.1) is 10.1 Å². The predicted molar refractivity (Wildman–Crippen MR) is 82.6 cm³/mol. The standard InChI is InChI=1S/C17H17NO4/c1-13(15-9-5-6-10-16(15)18(20)21)12-22-17(19)11-14-7-3-2-4-8-14/h2-10,13H,11-12H2,1H3. The van der Waals surface area contributed by atoms with Crippen LogP contribution in [0.5, 0.6) is 0 Å². The maximum absolute atomic E-state index is 11.8. The van der Waals surface area contributed by atoms with Gasteiger partial charge in [0.1, 0.15) is 0 Å².